The van der Waals surface area contributed by atoms with Crippen LogP contribution in [0.3, 0.4) is 0 Å². The zero-order valence-electron chi connectivity index (χ0n) is 5.33. The Labute approximate surface area is 55.4 Å². The lowest BCUT2D eigenvalue weighted by molar-refractivity contribution is 0.541. The molecule has 3 nitrogen and oxygen atoms in total. The van der Waals surface area contributed by atoms with E-state index in [0.717, 1.165) is 0 Å². The van der Waals surface area contributed by atoms with E-state index in [9.17, 15) is 0 Å². The fourth-order valence-electron chi connectivity index (χ4n) is 0.320. The first-order valence-electron chi connectivity index (χ1n) is 2.67. The lowest BCUT2D eigenvalue weighted by atomic mass is 10.4. The predicted octanol–water partition coefficient (Wildman–Crippen LogP) is -0.468. The molecule has 3 heteroatoms. The van der Waals surface area contributed by atoms with Gasteiger partial charge in [0.2, 0.25) is 0 Å². The molecule has 0 saturated carbocycles. The minimum absolute atomic E-state index is 0.377. The highest BCUT2D eigenvalue weighted by atomic mass is 15.1. The quantitative estimate of drug-likeness (QED) is 0.500. The van der Waals surface area contributed by atoms with Gasteiger partial charge in [-0.15, -0.1) is 13.2 Å². The Hall–Kier alpha value is -0.640. The van der Waals surface area contributed by atoms with Crippen molar-refractivity contribution in [3.05, 3.63) is 25.3 Å². The van der Waals surface area contributed by atoms with Gasteiger partial charge in [0.25, 0.3) is 0 Å². The summed E-state index contributed by atoms with van der Waals surface area (Å²) in [4.78, 5) is 0. The van der Waals surface area contributed by atoms with Crippen LogP contribution in [0.15, 0.2) is 25.3 Å². The Morgan fingerprint density at radius 3 is 1.67 bits per heavy atom. The Morgan fingerprint density at radius 2 is 1.44 bits per heavy atom. The number of hydrogen-bond donors (Lipinski definition) is 2. The SMILES string of the molecule is C=CC(N)[N]C(N)C=C. The maximum Gasteiger partial charge on any atom is 0.0919 e. The van der Waals surface area contributed by atoms with Crippen molar-refractivity contribution in [2.45, 2.75) is 12.3 Å². The number of hydrogen-bond acceptors (Lipinski definition) is 2. The van der Waals surface area contributed by atoms with Gasteiger partial charge in [0.15, 0.2) is 0 Å². The second-order valence-electron chi connectivity index (χ2n) is 1.60. The number of rotatable bonds is 4. The van der Waals surface area contributed by atoms with E-state index >= 15 is 0 Å². The van der Waals surface area contributed by atoms with Crippen LogP contribution in [0.5, 0.6) is 0 Å². The first-order valence-corrected chi connectivity index (χ1v) is 2.67. The van der Waals surface area contributed by atoms with Gasteiger partial charge in [0, 0.05) is 0 Å². The standard InChI is InChI=1S/C6H12N3/c1-3-5(7)9-6(8)4-2/h3-6H,1-2,7-8H2. The summed E-state index contributed by atoms with van der Waals surface area (Å²) in [6.07, 6.45) is 2.28. The summed E-state index contributed by atoms with van der Waals surface area (Å²) in [5.41, 5.74) is 10.7. The van der Waals surface area contributed by atoms with Gasteiger partial charge >= 0.3 is 0 Å². The van der Waals surface area contributed by atoms with Gasteiger partial charge in [0.05, 0.1) is 12.3 Å². The van der Waals surface area contributed by atoms with Gasteiger partial charge in [-0.1, -0.05) is 12.2 Å². The van der Waals surface area contributed by atoms with Crippen molar-refractivity contribution < 1.29 is 0 Å². The molecule has 0 spiro atoms. The lowest BCUT2D eigenvalue weighted by Gasteiger charge is -2.09. The van der Waals surface area contributed by atoms with Crippen molar-refractivity contribution in [3.8, 4) is 0 Å². The molecular formula is C6H12N3. The minimum Gasteiger partial charge on any atom is -0.311 e. The summed E-state index contributed by atoms with van der Waals surface area (Å²) in [6.45, 7) is 6.88. The molecule has 0 aliphatic rings. The van der Waals surface area contributed by atoms with Crippen LogP contribution in [-0.4, -0.2) is 12.3 Å². The predicted molar refractivity (Wildman–Crippen MR) is 38.5 cm³/mol. The molecule has 0 saturated heterocycles. The molecule has 0 aliphatic heterocycles. The molecule has 0 aromatic rings. The Morgan fingerprint density at radius 1 is 1.11 bits per heavy atom. The van der Waals surface area contributed by atoms with Gasteiger partial charge in [-0.25, -0.2) is 0 Å². The molecule has 0 heterocycles. The molecule has 0 aromatic heterocycles. The maximum absolute atomic E-state index is 5.34. The molecule has 1 radical (unpaired) electrons. The Bertz CT molecular complexity index is 88.5. The van der Waals surface area contributed by atoms with Crippen LogP contribution in [0.4, 0.5) is 0 Å². The third-order valence-corrected chi connectivity index (χ3v) is 0.827. The first-order chi connectivity index (χ1) is 4.20. The van der Waals surface area contributed by atoms with Crippen LogP contribution in [0.25, 0.3) is 0 Å². The molecule has 0 aromatic carbocycles. The van der Waals surface area contributed by atoms with Gasteiger partial charge in [-0.3, -0.25) is 0 Å². The van der Waals surface area contributed by atoms with Gasteiger partial charge in [-0.2, -0.15) is 5.32 Å². The van der Waals surface area contributed by atoms with Crippen LogP contribution < -0.4 is 16.8 Å². The summed E-state index contributed by atoms with van der Waals surface area (Å²) < 4.78 is 0. The van der Waals surface area contributed by atoms with E-state index in [1.807, 2.05) is 0 Å². The molecule has 4 N–H and O–H groups in total. The van der Waals surface area contributed by atoms with Crippen molar-refractivity contribution in [1.29, 1.82) is 0 Å². The summed E-state index contributed by atoms with van der Waals surface area (Å²) in [5, 5.41) is 3.83. The largest absolute Gasteiger partial charge is 0.311 e. The third-order valence-electron chi connectivity index (χ3n) is 0.827. The molecule has 0 rings (SSSR count). The maximum atomic E-state index is 5.34. The smallest absolute Gasteiger partial charge is 0.0919 e. The van der Waals surface area contributed by atoms with Gasteiger partial charge in [-0.05, 0) is 0 Å². The summed E-state index contributed by atoms with van der Waals surface area (Å²) in [7, 11) is 0. The molecule has 51 valence electrons. The summed E-state index contributed by atoms with van der Waals surface area (Å²) >= 11 is 0. The molecule has 2 atom stereocenters. The van der Waals surface area contributed by atoms with Gasteiger partial charge in [0.1, 0.15) is 0 Å². The second kappa shape index (κ2) is 4.26. The fourth-order valence-corrected chi connectivity index (χ4v) is 0.320. The van der Waals surface area contributed by atoms with Crippen molar-refractivity contribution in [1.82, 2.24) is 5.32 Å². The topological polar surface area (TPSA) is 66.1 Å². The zero-order chi connectivity index (χ0) is 7.28. The Balaban J connectivity index is 3.45. The highest BCUT2D eigenvalue weighted by Gasteiger charge is 2.00. The average Bonchev–Trinajstić information content (AvgIpc) is 1.87. The van der Waals surface area contributed by atoms with Crippen LogP contribution in [0.2, 0.25) is 0 Å². The van der Waals surface area contributed by atoms with Crippen LogP contribution >= 0.6 is 0 Å². The minimum atomic E-state index is -0.377. The van der Waals surface area contributed by atoms with Crippen LogP contribution in [-0.2, 0) is 0 Å². The molecule has 0 aliphatic carbocycles. The second-order valence-corrected chi connectivity index (χ2v) is 1.60. The summed E-state index contributed by atoms with van der Waals surface area (Å²) in [6, 6.07) is 0. The molecule has 0 amide bonds. The van der Waals surface area contributed by atoms with Crippen molar-refractivity contribution >= 4 is 0 Å². The molecule has 0 bridgehead atoms. The first kappa shape index (κ1) is 8.36. The monoisotopic (exact) mass is 126 g/mol. The Kier molecular flexibility index (Phi) is 3.96. The molecule has 2 unspecified atom stereocenters. The van der Waals surface area contributed by atoms with E-state index in [-0.39, 0.29) is 12.3 Å². The van der Waals surface area contributed by atoms with E-state index in [2.05, 4.69) is 18.5 Å². The third kappa shape index (κ3) is 3.90. The van der Waals surface area contributed by atoms with E-state index in [1.165, 1.54) is 12.2 Å². The number of nitrogens with zero attached hydrogens (tertiary/aromatic N) is 1. The van der Waals surface area contributed by atoms with Crippen LogP contribution in [0, 0.1) is 0 Å². The van der Waals surface area contributed by atoms with Crippen molar-refractivity contribution in [2.24, 2.45) is 11.5 Å². The fraction of sp³-hybridized carbons (Fsp3) is 0.333. The highest BCUT2D eigenvalue weighted by molar-refractivity contribution is 4.87. The van der Waals surface area contributed by atoms with Crippen molar-refractivity contribution in [2.75, 3.05) is 0 Å². The highest BCUT2D eigenvalue weighted by Crippen LogP contribution is 1.79. The number of nitrogens with two attached hydrogens (primary N) is 2. The van der Waals surface area contributed by atoms with E-state index in [4.69, 9.17) is 11.5 Å². The molecule has 9 heavy (non-hydrogen) atoms. The van der Waals surface area contributed by atoms with Crippen LogP contribution in [0.1, 0.15) is 0 Å². The normalized spacial score (nSPS) is 16.2. The van der Waals surface area contributed by atoms with E-state index < -0.39 is 0 Å². The zero-order valence-corrected chi connectivity index (χ0v) is 5.33. The average molecular weight is 126 g/mol. The summed E-state index contributed by atoms with van der Waals surface area (Å²) in [5.74, 6) is 0. The molecular weight excluding hydrogens is 114 g/mol. The van der Waals surface area contributed by atoms with Crippen molar-refractivity contribution in [3.63, 3.8) is 0 Å². The van der Waals surface area contributed by atoms with Gasteiger partial charge < -0.3 is 11.5 Å². The molecule has 0 fully saturated rings. The van der Waals surface area contributed by atoms with E-state index in [0.29, 0.717) is 0 Å². The van der Waals surface area contributed by atoms with E-state index in [1.54, 1.807) is 0 Å². The lowest BCUT2D eigenvalue weighted by Crippen LogP contribution is -2.40.